The molecule has 0 fully saturated rings. The highest BCUT2D eigenvalue weighted by molar-refractivity contribution is 7.47. The number of rotatable bonds is 35. The van der Waals surface area contributed by atoms with Gasteiger partial charge in [-0.25, -0.2) is 4.57 Å². The van der Waals surface area contributed by atoms with Gasteiger partial charge in [0.25, 0.3) is 0 Å². The number of aliphatic hydroxyl groups excluding tert-OH is 2. The number of allylic oxidation sites excluding steroid dienone is 8. The SMILES string of the molecule is CC/C=C\C/C=C\C/C=C\CCCCCC(=O)OC(COC(=O)CCCCCCC/C=C\CCCCCCC)COP(=O)(O)OCC(O)CO. The van der Waals surface area contributed by atoms with Gasteiger partial charge < -0.3 is 24.6 Å². The minimum absolute atomic E-state index is 0.146. The fourth-order valence-electron chi connectivity index (χ4n) is 4.76. The molecule has 0 saturated carbocycles. The van der Waals surface area contributed by atoms with Crippen LogP contribution in [0.2, 0.25) is 0 Å². The number of aliphatic hydroxyl groups is 2. The topological polar surface area (TPSA) is 149 Å². The highest BCUT2D eigenvalue weighted by Gasteiger charge is 2.27. The van der Waals surface area contributed by atoms with Crippen molar-refractivity contribution in [1.82, 2.24) is 0 Å². The molecule has 0 heterocycles. The fourth-order valence-corrected chi connectivity index (χ4v) is 5.55. The van der Waals surface area contributed by atoms with Crippen molar-refractivity contribution in [1.29, 1.82) is 0 Å². The van der Waals surface area contributed by atoms with Crippen molar-refractivity contribution >= 4 is 19.8 Å². The summed E-state index contributed by atoms with van der Waals surface area (Å²) in [6, 6.07) is 0. The molecule has 50 heavy (non-hydrogen) atoms. The number of hydrogen-bond donors (Lipinski definition) is 3. The molecule has 0 spiro atoms. The molecule has 0 aliphatic carbocycles. The second-order valence-corrected chi connectivity index (χ2v) is 14.0. The van der Waals surface area contributed by atoms with Gasteiger partial charge in [-0.2, -0.15) is 0 Å². The summed E-state index contributed by atoms with van der Waals surface area (Å²) in [5.74, 6) is -0.974. The number of phosphoric acid groups is 1. The molecule has 290 valence electrons. The zero-order chi connectivity index (χ0) is 37.0. The van der Waals surface area contributed by atoms with Crippen LogP contribution in [-0.2, 0) is 32.7 Å². The summed E-state index contributed by atoms with van der Waals surface area (Å²) in [6.45, 7) is 2.18. The smallest absolute Gasteiger partial charge is 0.462 e. The second-order valence-electron chi connectivity index (χ2n) is 12.6. The van der Waals surface area contributed by atoms with E-state index in [4.69, 9.17) is 19.1 Å². The number of carbonyl (C=O) groups is 2. The Morgan fingerprint density at radius 3 is 1.70 bits per heavy atom. The summed E-state index contributed by atoms with van der Waals surface area (Å²) >= 11 is 0. The van der Waals surface area contributed by atoms with Crippen LogP contribution in [0.25, 0.3) is 0 Å². The fraction of sp³-hybridized carbons (Fsp3) is 0.744. The highest BCUT2D eigenvalue weighted by Crippen LogP contribution is 2.43. The predicted molar refractivity (Wildman–Crippen MR) is 201 cm³/mol. The Morgan fingerprint density at radius 1 is 0.620 bits per heavy atom. The van der Waals surface area contributed by atoms with Gasteiger partial charge in [-0.15, -0.1) is 0 Å². The third-order valence-electron chi connectivity index (χ3n) is 7.72. The van der Waals surface area contributed by atoms with Crippen LogP contribution in [0.4, 0.5) is 0 Å². The van der Waals surface area contributed by atoms with Crippen molar-refractivity contribution in [2.45, 2.75) is 161 Å². The summed E-state index contributed by atoms with van der Waals surface area (Å²) < 4.78 is 32.5. The normalized spacial score (nSPS) is 14.6. The minimum atomic E-state index is -4.62. The molecule has 0 saturated heterocycles. The van der Waals surface area contributed by atoms with E-state index >= 15 is 0 Å². The van der Waals surface area contributed by atoms with Gasteiger partial charge in [-0.05, 0) is 70.6 Å². The maximum absolute atomic E-state index is 12.5. The van der Waals surface area contributed by atoms with E-state index in [1.165, 1.54) is 32.1 Å². The van der Waals surface area contributed by atoms with Crippen LogP contribution in [-0.4, -0.2) is 65.7 Å². The Hall–Kier alpha value is -2.07. The third-order valence-corrected chi connectivity index (χ3v) is 8.67. The van der Waals surface area contributed by atoms with Crippen molar-refractivity contribution in [3.8, 4) is 0 Å². The van der Waals surface area contributed by atoms with Gasteiger partial charge in [-0.1, -0.05) is 114 Å². The van der Waals surface area contributed by atoms with E-state index in [1.54, 1.807) is 0 Å². The molecule has 0 aliphatic heterocycles. The predicted octanol–water partition coefficient (Wildman–Crippen LogP) is 9.38. The average Bonchev–Trinajstić information content (AvgIpc) is 3.10. The summed E-state index contributed by atoms with van der Waals surface area (Å²) in [7, 11) is -4.62. The standard InChI is InChI=1S/C39H69O10P/c1-3-5-7-9-11-13-15-17-19-20-22-24-26-28-30-38(42)46-34-37(35-48-50(44,45)47-33-36(41)32-40)49-39(43)31-29-27-25-23-21-18-16-14-12-10-8-6-4-2/h6,8,12,14-15,17-18,21,36-37,40-41H,3-5,7,9-11,13,16,19-20,22-35H2,1-2H3,(H,44,45)/b8-6-,14-12-,17-15-,21-18-. The first-order valence-electron chi connectivity index (χ1n) is 19.1. The Balaban J connectivity index is 4.43. The van der Waals surface area contributed by atoms with Crippen LogP contribution in [0.1, 0.15) is 149 Å². The lowest BCUT2D eigenvalue weighted by atomic mass is 10.1. The van der Waals surface area contributed by atoms with E-state index in [-0.39, 0.29) is 19.4 Å². The van der Waals surface area contributed by atoms with Crippen LogP contribution in [0, 0.1) is 0 Å². The van der Waals surface area contributed by atoms with Crippen LogP contribution in [0.3, 0.4) is 0 Å². The quantitative estimate of drug-likeness (QED) is 0.0249. The number of esters is 2. The molecule has 0 rings (SSSR count). The summed E-state index contributed by atoms with van der Waals surface area (Å²) in [5.41, 5.74) is 0. The number of hydrogen-bond acceptors (Lipinski definition) is 9. The van der Waals surface area contributed by atoms with E-state index < -0.39 is 51.8 Å². The van der Waals surface area contributed by atoms with Crippen molar-refractivity contribution in [2.24, 2.45) is 0 Å². The van der Waals surface area contributed by atoms with Gasteiger partial charge in [0.1, 0.15) is 12.7 Å². The Morgan fingerprint density at radius 2 is 1.10 bits per heavy atom. The summed E-state index contributed by atoms with van der Waals surface area (Å²) in [5, 5.41) is 18.3. The Kier molecular flexibility index (Phi) is 33.9. The average molecular weight is 729 g/mol. The van der Waals surface area contributed by atoms with Crippen LogP contribution >= 0.6 is 7.82 Å². The molecule has 0 aromatic heterocycles. The molecule has 0 aliphatic rings. The van der Waals surface area contributed by atoms with Gasteiger partial charge in [-0.3, -0.25) is 18.6 Å². The summed E-state index contributed by atoms with van der Waals surface area (Å²) in [6.07, 6.45) is 35.1. The number of ether oxygens (including phenoxy) is 2. The molecule has 0 amide bonds. The molecule has 0 aromatic rings. The number of unbranched alkanes of at least 4 members (excludes halogenated alkanes) is 13. The molecule has 11 heteroatoms. The molecule has 0 aromatic carbocycles. The Bertz CT molecular complexity index is 978. The zero-order valence-corrected chi connectivity index (χ0v) is 32.0. The van der Waals surface area contributed by atoms with E-state index in [2.05, 4.69) is 67.0 Å². The van der Waals surface area contributed by atoms with Gasteiger partial charge in [0.2, 0.25) is 0 Å². The molecule has 10 nitrogen and oxygen atoms in total. The first-order chi connectivity index (χ1) is 24.2. The highest BCUT2D eigenvalue weighted by atomic mass is 31.2. The van der Waals surface area contributed by atoms with Crippen molar-refractivity contribution in [2.75, 3.05) is 26.4 Å². The van der Waals surface area contributed by atoms with Gasteiger partial charge in [0.15, 0.2) is 6.10 Å². The van der Waals surface area contributed by atoms with Gasteiger partial charge >= 0.3 is 19.8 Å². The lowest BCUT2D eigenvalue weighted by molar-refractivity contribution is -0.161. The molecule has 0 bridgehead atoms. The minimum Gasteiger partial charge on any atom is -0.462 e. The van der Waals surface area contributed by atoms with E-state index in [0.717, 1.165) is 77.0 Å². The van der Waals surface area contributed by atoms with Crippen molar-refractivity contribution in [3.05, 3.63) is 48.6 Å². The molecule has 3 N–H and O–H groups in total. The van der Waals surface area contributed by atoms with Crippen molar-refractivity contribution in [3.63, 3.8) is 0 Å². The van der Waals surface area contributed by atoms with E-state index in [1.807, 2.05) is 0 Å². The van der Waals surface area contributed by atoms with E-state index in [0.29, 0.717) is 12.8 Å². The van der Waals surface area contributed by atoms with Crippen LogP contribution < -0.4 is 0 Å². The molecular weight excluding hydrogens is 659 g/mol. The summed E-state index contributed by atoms with van der Waals surface area (Å²) in [4.78, 5) is 34.8. The van der Waals surface area contributed by atoms with E-state index in [9.17, 15) is 24.2 Å². The lowest BCUT2D eigenvalue weighted by Crippen LogP contribution is -2.29. The first-order valence-corrected chi connectivity index (χ1v) is 20.6. The second kappa shape index (κ2) is 35.3. The zero-order valence-electron chi connectivity index (χ0n) is 31.1. The van der Waals surface area contributed by atoms with Crippen molar-refractivity contribution < 1.29 is 47.8 Å². The maximum atomic E-state index is 12.5. The first kappa shape index (κ1) is 47.9. The van der Waals surface area contributed by atoms with Crippen LogP contribution in [0.5, 0.6) is 0 Å². The monoisotopic (exact) mass is 728 g/mol. The Labute approximate surface area is 303 Å². The van der Waals surface area contributed by atoms with Gasteiger partial charge in [0.05, 0.1) is 19.8 Å². The van der Waals surface area contributed by atoms with Gasteiger partial charge in [0, 0.05) is 12.8 Å². The largest absolute Gasteiger partial charge is 0.472 e. The number of phosphoric ester groups is 1. The molecular formula is C39H69O10P. The lowest BCUT2D eigenvalue weighted by Gasteiger charge is -2.20. The molecule has 3 unspecified atom stereocenters. The number of carbonyl (C=O) groups excluding carboxylic acids is 2. The maximum Gasteiger partial charge on any atom is 0.472 e. The molecule has 0 radical (unpaired) electrons. The van der Waals surface area contributed by atoms with Crippen LogP contribution in [0.15, 0.2) is 48.6 Å². The third kappa shape index (κ3) is 34.4. The molecule has 3 atom stereocenters.